The van der Waals surface area contributed by atoms with Crippen molar-refractivity contribution in [1.82, 2.24) is 0 Å². The second-order valence-corrected chi connectivity index (χ2v) is 3.44. The van der Waals surface area contributed by atoms with Gasteiger partial charge in [-0.1, -0.05) is 43.7 Å². The summed E-state index contributed by atoms with van der Waals surface area (Å²) < 4.78 is 0. The van der Waals surface area contributed by atoms with Gasteiger partial charge in [0.25, 0.3) is 0 Å². The first-order valence-electron chi connectivity index (χ1n) is 4.87. The lowest BCUT2D eigenvalue weighted by Crippen LogP contribution is -2.34. The molecule has 0 spiro atoms. The molecular weight excluding hydrogens is 190 g/mol. The molecule has 1 N–H and O–H groups in total. The molecule has 0 fully saturated rings. The SMILES string of the molecule is CCCC(C#N)(C(=O)O)c1ccccc1. The molecule has 0 aliphatic heterocycles. The van der Waals surface area contributed by atoms with Crippen LogP contribution in [0.3, 0.4) is 0 Å². The second kappa shape index (κ2) is 4.61. The topological polar surface area (TPSA) is 61.1 Å². The average molecular weight is 203 g/mol. The van der Waals surface area contributed by atoms with E-state index in [0.29, 0.717) is 18.4 Å². The highest BCUT2D eigenvalue weighted by atomic mass is 16.4. The molecule has 0 aliphatic rings. The van der Waals surface area contributed by atoms with Crippen LogP contribution in [0.1, 0.15) is 25.3 Å². The molecule has 0 saturated carbocycles. The highest BCUT2D eigenvalue weighted by molar-refractivity contribution is 5.85. The summed E-state index contributed by atoms with van der Waals surface area (Å²) in [7, 11) is 0. The lowest BCUT2D eigenvalue weighted by atomic mass is 9.78. The normalized spacial score (nSPS) is 13.9. The number of carboxylic acids is 1. The Balaban J connectivity index is 3.23. The molecule has 1 rings (SSSR count). The number of hydrogen-bond acceptors (Lipinski definition) is 2. The lowest BCUT2D eigenvalue weighted by Gasteiger charge is -2.21. The number of benzene rings is 1. The maximum Gasteiger partial charge on any atom is 0.328 e. The fraction of sp³-hybridized carbons (Fsp3) is 0.333. The third kappa shape index (κ3) is 1.99. The maximum absolute atomic E-state index is 11.2. The van der Waals surface area contributed by atoms with E-state index < -0.39 is 11.4 Å². The standard InChI is InChI=1S/C12H13NO2/c1-2-8-12(9-13,11(14)15)10-6-4-3-5-7-10/h3-7H,2,8H2,1H3,(H,14,15). The van der Waals surface area contributed by atoms with Gasteiger partial charge in [0.1, 0.15) is 0 Å². The second-order valence-electron chi connectivity index (χ2n) is 3.44. The van der Waals surface area contributed by atoms with Gasteiger partial charge < -0.3 is 5.11 Å². The molecule has 0 radical (unpaired) electrons. The van der Waals surface area contributed by atoms with Gasteiger partial charge in [-0.15, -0.1) is 0 Å². The summed E-state index contributed by atoms with van der Waals surface area (Å²) >= 11 is 0. The molecule has 1 aromatic rings. The Kier molecular flexibility index (Phi) is 3.46. The minimum atomic E-state index is -1.39. The number of nitrogens with zero attached hydrogens (tertiary/aromatic N) is 1. The van der Waals surface area contributed by atoms with Crippen LogP contribution in [-0.4, -0.2) is 11.1 Å². The molecule has 1 aromatic carbocycles. The van der Waals surface area contributed by atoms with Crippen molar-refractivity contribution in [1.29, 1.82) is 5.26 Å². The molecule has 0 heterocycles. The average Bonchev–Trinajstić information content (AvgIpc) is 2.26. The van der Waals surface area contributed by atoms with Gasteiger partial charge in [-0.25, -0.2) is 0 Å². The molecule has 1 atom stereocenters. The van der Waals surface area contributed by atoms with E-state index in [0.717, 1.165) is 0 Å². The van der Waals surface area contributed by atoms with E-state index >= 15 is 0 Å². The number of aliphatic carboxylic acids is 1. The predicted octanol–water partition coefficient (Wildman–Crippen LogP) is 2.33. The van der Waals surface area contributed by atoms with E-state index in [2.05, 4.69) is 0 Å². The van der Waals surface area contributed by atoms with Crippen molar-refractivity contribution in [2.24, 2.45) is 0 Å². The Hall–Kier alpha value is -1.82. The van der Waals surface area contributed by atoms with Crippen LogP contribution in [0.5, 0.6) is 0 Å². The molecule has 15 heavy (non-hydrogen) atoms. The first kappa shape index (κ1) is 11.3. The number of hydrogen-bond donors (Lipinski definition) is 1. The van der Waals surface area contributed by atoms with E-state index in [1.165, 1.54) is 0 Å². The number of carbonyl (C=O) groups is 1. The summed E-state index contributed by atoms with van der Waals surface area (Å²) in [5.74, 6) is -1.07. The quantitative estimate of drug-likeness (QED) is 0.816. The Bertz CT molecular complexity index is 380. The monoisotopic (exact) mass is 203 g/mol. The first-order chi connectivity index (χ1) is 7.17. The minimum absolute atomic E-state index is 0.336. The summed E-state index contributed by atoms with van der Waals surface area (Å²) in [6.45, 7) is 1.87. The molecule has 3 heteroatoms. The van der Waals surface area contributed by atoms with Crippen molar-refractivity contribution in [2.75, 3.05) is 0 Å². The summed E-state index contributed by atoms with van der Waals surface area (Å²) in [6.07, 6.45) is 0.998. The largest absolute Gasteiger partial charge is 0.480 e. The van der Waals surface area contributed by atoms with Crippen molar-refractivity contribution in [3.05, 3.63) is 35.9 Å². The highest BCUT2D eigenvalue weighted by Crippen LogP contribution is 2.29. The number of nitriles is 1. The van der Waals surface area contributed by atoms with Crippen molar-refractivity contribution >= 4 is 5.97 Å². The Morgan fingerprint density at radius 3 is 2.47 bits per heavy atom. The van der Waals surface area contributed by atoms with E-state index in [4.69, 9.17) is 5.26 Å². The summed E-state index contributed by atoms with van der Waals surface area (Å²) in [5, 5.41) is 18.3. The van der Waals surface area contributed by atoms with Crippen LogP contribution >= 0.6 is 0 Å². The van der Waals surface area contributed by atoms with Crippen LogP contribution in [-0.2, 0) is 10.2 Å². The fourth-order valence-corrected chi connectivity index (χ4v) is 1.64. The molecule has 0 bridgehead atoms. The van der Waals surface area contributed by atoms with E-state index in [1.807, 2.05) is 13.0 Å². The van der Waals surface area contributed by atoms with Crippen LogP contribution in [0, 0.1) is 11.3 Å². The van der Waals surface area contributed by atoms with Crippen LogP contribution in [0.15, 0.2) is 30.3 Å². The van der Waals surface area contributed by atoms with Crippen LogP contribution < -0.4 is 0 Å². The Morgan fingerprint density at radius 1 is 1.47 bits per heavy atom. The third-order valence-corrected chi connectivity index (χ3v) is 2.45. The molecule has 78 valence electrons. The Labute approximate surface area is 89.0 Å². The molecule has 0 amide bonds. The van der Waals surface area contributed by atoms with Crippen molar-refractivity contribution in [3.8, 4) is 6.07 Å². The highest BCUT2D eigenvalue weighted by Gasteiger charge is 2.39. The Morgan fingerprint density at radius 2 is 2.07 bits per heavy atom. The fourth-order valence-electron chi connectivity index (χ4n) is 1.64. The van der Waals surface area contributed by atoms with Gasteiger partial charge >= 0.3 is 5.97 Å². The van der Waals surface area contributed by atoms with E-state index in [9.17, 15) is 9.90 Å². The third-order valence-electron chi connectivity index (χ3n) is 2.45. The van der Waals surface area contributed by atoms with Gasteiger partial charge in [0.05, 0.1) is 6.07 Å². The number of rotatable bonds is 4. The van der Waals surface area contributed by atoms with Crippen molar-refractivity contribution < 1.29 is 9.90 Å². The molecule has 3 nitrogen and oxygen atoms in total. The predicted molar refractivity (Wildman–Crippen MR) is 56.3 cm³/mol. The van der Waals surface area contributed by atoms with Gasteiger partial charge in [-0.2, -0.15) is 5.26 Å². The zero-order chi connectivity index (χ0) is 11.3. The lowest BCUT2D eigenvalue weighted by molar-refractivity contribution is -0.141. The molecule has 0 aliphatic carbocycles. The number of carboxylic acid groups (broad SMARTS) is 1. The minimum Gasteiger partial charge on any atom is -0.480 e. The van der Waals surface area contributed by atoms with Gasteiger partial charge in [0.2, 0.25) is 0 Å². The van der Waals surface area contributed by atoms with Crippen LogP contribution in [0.2, 0.25) is 0 Å². The van der Waals surface area contributed by atoms with Crippen LogP contribution in [0.25, 0.3) is 0 Å². The van der Waals surface area contributed by atoms with Gasteiger partial charge in [0, 0.05) is 0 Å². The van der Waals surface area contributed by atoms with Gasteiger partial charge in [-0.05, 0) is 12.0 Å². The molecular formula is C12H13NO2. The van der Waals surface area contributed by atoms with Crippen molar-refractivity contribution in [2.45, 2.75) is 25.2 Å². The zero-order valence-electron chi connectivity index (χ0n) is 8.60. The molecule has 0 aromatic heterocycles. The zero-order valence-corrected chi connectivity index (χ0v) is 8.60. The summed E-state index contributed by atoms with van der Waals surface area (Å²) in [6, 6.07) is 10.6. The summed E-state index contributed by atoms with van der Waals surface area (Å²) in [4.78, 5) is 11.2. The van der Waals surface area contributed by atoms with Gasteiger partial charge in [0.15, 0.2) is 5.41 Å². The molecule has 0 saturated heterocycles. The summed E-state index contributed by atoms with van der Waals surface area (Å²) in [5.41, 5.74) is -0.836. The van der Waals surface area contributed by atoms with E-state index in [-0.39, 0.29) is 0 Å². The maximum atomic E-state index is 11.2. The smallest absolute Gasteiger partial charge is 0.328 e. The van der Waals surface area contributed by atoms with Crippen LogP contribution in [0.4, 0.5) is 0 Å². The molecule has 1 unspecified atom stereocenters. The van der Waals surface area contributed by atoms with Gasteiger partial charge in [-0.3, -0.25) is 4.79 Å². The first-order valence-corrected chi connectivity index (χ1v) is 4.87. The van der Waals surface area contributed by atoms with E-state index in [1.54, 1.807) is 30.3 Å². The van der Waals surface area contributed by atoms with Crippen molar-refractivity contribution in [3.63, 3.8) is 0 Å².